The molecular formula is C25H28N6. The van der Waals surface area contributed by atoms with Crippen molar-refractivity contribution in [3.05, 3.63) is 42.2 Å². The molecule has 0 spiro atoms. The SMILES string of the molecule is Nc1n[nH]c2c(C#CCCCCN3CCCCC3)cc(-c3ccnc4[nH]ccc34)cc12. The van der Waals surface area contributed by atoms with E-state index in [1.54, 1.807) is 0 Å². The molecule has 1 aliphatic rings. The number of benzene rings is 1. The fourth-order valence-electron chi connectivity index (χ4n) is 4.50. The first-order valence-corrected chi connectivity index (χ1v) is 11.2. The van der Waals surface area contributed by atoms with Crippen LogP contribution in [0.15, 0.2) is 36.7 Å². The van der Waals surface area contributed by atoms with Crippen LogP contribution in [0.5, 0.6) is 0 Å². The lowest BCUT2D eigenvalue weighted by Gasteiger charge is -2.26. The van der Waals surface area contributed by atoms with E-state index < -0.39 is 0 Å². The van der Waals surface area contributed by atoms with E-state index in [1.165, 1.54) is 45.3 Å². The number of nitrogens with zero attached hydrogens (tertiary/aromatic N) is 3. The first-order valence-electron chi connectivity index (χ1n) is 11.2. The third-order valence-corrected chi connectivity index (χ3v) is 6.17. The number of H-pyrrole nitrogens is 2. The van der Waals surface area contributed by atoms with Crippen LogP contribution in [-0.2, 0) is 0 Å². The molecule has 4 N–H and O–H groups in total. The van der Waals surface area contributed by atoms with Gasteiger partial charge in [0.1, 0.15) is 5.65 Å². The molecule has 4 aromatic rings. The number of rotatable bonds is 5. The summed E-state index contributed by atoms with van der Waals surface area (Å²) in [5, 5.41) is 9.27. The monoisotopic (exact) mass is 412 g/mol. The molecule has 3 aromatic heterocycles. The molecular weight excluding hydrogens is 384 g/mol. The highest BCUT2D eigenvalue weighted by Crippen LogP contribution is 2.32. The molecule has 1 aromatic carbocycles. The zero-order valence-corrected chi connectivity index (χ0v) is 17.7. The van der Waals surface area contributed by atoms with Gasteiger partial charge in [-0.25, -0.2) is 4.98 Å². The van der Waals surface area contributed by atoms with Gasteiger partial charge >= 0.3 is 0 Å². The summed E-state index contributed by atoms with van der Waals surface area (Å²) < 4.78 is 0. The Morgan fingerprint density at radius 1 is 1.06 bits per heavy atom. The number of anilines is 1. The van der Waals surface area contributed by atoms with E-state index in [1.807, 2.05) is 24.5 Å². The molecule has 0 unspecified atom stereocenters. The van der Waals surface area contributed by atoms with Gasteiger partial charge in [-0.15, -0.1) is 0 Å². The van der Waals surface area contributed by atoms with Crippen molar-refractivity contribution in [1.29, 1.82) is 0 Å². The molecule has 6 heteroatoms. The fraction of sp³-hybridized carbons (Fsp3) is 0.360. The number of nitrogen functional groups attached to an aromatic ring is 1. The van der Waals surface area contributed by atoms with Crippen LogP contribution < -0.4 is 5.73 Å². The van der Waals surface area contributed by atoms with Crippen molar-refractivity contribution < 1.29 is 0 Å². The molecule has 0 atom stereocenters. The molecule has 158 valence electrons. The predicted octanol–water partition coefficient (Wildman–Crippen LogP) is 4.70. The first kappa shape index (κ1) is 19.7. The molecule has 5 rings (SSSR count). The number of hydrogen-bond acceptors (Lipinski definition) is 4. The minimum Gasteiger partial charge on any atom is -0.382 e. The number of unbranched alkanes of at least 4 members (excludes halogenated alkanes) is 2. The molecule has 4 heterocycles. The third kappa shape index (κ3) is 4.14. The van der Waals surface area contributed by atoms with Crippen LogP contribution in [0.25, 0.3) is 33.1 Å². The van der Waals surface area contributed by atoms with Crippen LogP contribution in [0.3, 0.4) is 0 Å². The van der Waals surface area contributed by atoms with E-state index in [-0.39, 0.29) is 0 Å². The number of nitrogens with one attached hydrogen (secondary N) is 2. The number of pyridine rings is 1. The molecule has 1 fully saturated rings. The Kier molecular flexibility index (Phi) is 5.59. The van der Waals surface area contributed by atoms with Gasteiger partial charge in [-0.1, -0.05) is 18.3 Å². The average molecular weight is 413 g/mol. The van der Waals surface area contributed by atoms with Gasteiger partial charge in [0.05, 0.1) is 11.1 Å². The molecule has 1 aliphatic heterocycles. The minimum absolute atomic E-state index is 0.501. The maximum Gasteiger partial charge on any atom is 0.153 e. The normalized spacial score (nSPS) is 14.7. The maximum atomic E-state index is 6.14. The number of aromatic nitrogens is 4. The van der Waals surface area contributed by atoms with Crippen molar-refractivity contribution in [2.24, 2.45) is 0 Å². The highest BCUT2D eigenvalue weighted by Gasteiger charge is 2.12. The van der Waals surface area contributed by atoms with Gasteiger partial charge in [0.2, 0.25) is 0 Å². The van der Waals surface area contributed by atoms with Gasteiger partial charge in [-0.3, -0.25) is 5.10 Å². The fourth-order valence-corrected chi connectivity index (χ4v) is 4.50. The number of fused-ring (bicyclic) bond motifs is 2. The molecule has 0 saturated carbocycles. The maximum absolute atomic E-state index is 6.14. The van der Waals surface area contributed by atoms with Crippen LogP contribution in [0.1, 0.15) is 44.1 Å². The number of piperidine rings is 1. The Morgan fingerprint density at radius 2 is 1.97 bits per heavy atom. The molecule has 31 heavy (non-hydrogen) atoms. The number of aromatic amines is 2. The lowest BCUT2D eigenvalue weighted by molar-refractivity contribution is 0.225. The number of likely N-dealkylation sites (tertiary alicyclic amines) is 1. The van der Waals surface area contributed by atoms with Crippen LogP contribution in [0.4, 0.5) is 5.82 Å². The Morgan fingerprint density at radius 3 is 2.87 bits per heavy atom. The van der Waals surface area contributed by atoms with Gasteiger partial charge in [-0.05, 0) is 80.7 Å². The molecule has 0 bridgehead atoms. The summed E-state index contributed by atoms with van der Waals surface area (Å²) in [7, 11) is 0. The second-order valence-corrected chi connectivity index (χ2v) is 8.31. The molecule has 0 radical (unpaired) electrons. The summed E-state index contributed by atoms with van der Waals surface area (Å²) >= 11 is 0. The summed E-state index contributed by atoms with van der Waals surface area (Å²) in [6, 6.07) is 8.29. The van der Waals surface area contributed by atoms with Crippen molar-refractivity contribution in [3.8, 4) is 23.0 Å². The lowest BCUT2D eigenvalue weighted by Crippen LogP contribution is -2.30. The van der Waals surface area contributed by atoms with Gasteiger partial charge in [-0.2, -0.15) is 5.10 Å². The van der Waals surface area contributed by atoms with Crippen LogP contribution in [-0.4, -0.2) is 44.7 Å². The topological polar surface area (TPSA) is 86.6 Å². The smallest absolute Gasteiger partial charge is 0.153 e. The zero-order chi connectivity index (χ0) is 21.0. The number of hydrogen-bond donors (Lipinski definition) is 3. The molecule has 1 saturated heterocycles. The van der Waals surface area contributed by atoms with E-state index in [0.717, 1.165) is 51.5 Å². The molecule has 0 amide bonds. The zero-order valence-electron chi connectivity index (χ0n) is 17.7. The van der Waals surface area contributed by atoms with Gasteiger partial charge in [0.15, 0.2) is 5.82 Å². The second kappa shape index (κ2) is 8.83. The highest BCUT2D eigenvalue weighted by molar-refractivity contribution is 6.00. The highest BCUT2D eigenvalue weighted by atomic mass is 15.2. The van der Waals surface area contributed by atoms with Crippen molar-refractivity contribution in [2.75, 3.05) is 25.4 Å². The Hall–Kier alpha value is -3.30. The van der Waals surface area contributed by atoms with Crippen LogP contribution in [0.2, 0.25) is 0 Å². The van der Waals surface area contributed by atoms with Crippen molar-refractivity contribution in [2.45, 2.75) is 38.5 Å². The first-order chi connectivity index (χ1) is 15.3. The largest absolute Gasteiger partial charge is 0.382 e. The van der Waals surface area contributed by atoms with E-state index in [4.69, 9.17) is 5.73 Å². The van der Waals surface area contributed by atoms with Crippen molar-refractivity contribution in [3.63, 3.8) is 0 Å². The van der Waals surface area contributed by atoms with Crippen molar-refractivity contribution >= 4 is 27.8 Å². The van der Waals surface area contributed by atoms with Gasteiger partial charge < -0.3 is 15.6 Å². The Bertz CT molecular complexity index is 1250. The van der Waals surface area contributed by atoms with E-state index in [2.05, 4.69) is 49.0 Å². The summed E-state index contributed by atoms with van der Waals surface area (Å²) in [6.45, 7) is 3.73. The van der Waals surface area contributed by atoms with E-state index in [9.17, 15) is 0 Å². The Balaban J connectivity index is 1.36. The summed E-state index contributed by atoms with van der Waals surface area (Å²) in [5.41, 5.74) is 11.0. The Labute approximate surface area is 182 Å². The molecule has 0 aliphatic carbocycles. The van der Waals surface area contributed by atoms with E-state index in [0.29, 0.717) is 5.82 Å². The summed E-state index contributed by atoms with van der Waals surface area (Å²) in [6.07, 6.45) is 11.1. The van der Waals surface area contributed by atoms with Crippen LogP contribution >= 0.6 is 0 Å². The van der Waals surface area contributed by atoms with Gasteiger partial charge in [0.25, 0.3) is 0 Å². The third-order valence-electron chi connectivity index (χ3n) is 6.17. The van der Waals surface area contributed by atoms with Crippen molar-refractivity contribution in [1.82, 2.24) is 25.1 Å². The number of nitrogens with two attached hydrogens (primary N) is 1. The van der Waals surface area contributed by atoms with Gasteiger partial charge in [0, 0.05) is 29.6 Å². The average Bonchev–Trinajstić information content (AvgIpc) is 3.43. The summed E-state index contributed by atoms with van der Waals surface area (Å²) in [4.78, 5) is 10.2. The standard InChI is InChI=1S/C25H28N6/c26-24-22-17-19(20-9-11-27-25-21(20)10-12-28-25)16-18(23(22)29-30-24)8-4-1-2-5-13-31-14-6-3-7-15-31/h9-12,16-17H,1-3,5-7,13-15H2,(H,27,28)(H3,26,29,30). The van der Waals surface area contributed by atoms with E-state index >= 15 is 0 Å². The lowest BCUT2D eigenvalue weighted by atomic mass is 9.99. The quantitative estimate of drug-likeness (QED) is 0.328. The second-order valence-electron chi connectivity index (χ2n) is 8.31. The summed E-state index contributed by atoms with van der Waals surface area (Å²) in [5.74, 6) is 7.25. The minimum atomic E-state index is 0.501. The predicted molar refractivity (Wildman–Crippen MR) is 127 cm³/mol. The van der Waals surface area contributed by atoms with Crippen LogP contribution in [0, 0.1) is 11.8 Å². The molecule has 6 nitrogen and oxygen atoms in total.